The van der Waals surface area contributed by atoms with Crippen LogP contribution in [0.15, 0.2) is 36.9 Å². The second-order valence-electron chi connectivity index (χ2n) is 5.85. The minimum absolute atomic E-state index is 0.000624. The van der Waals surface area contributed by atoms with E-state index in [-0.39, 0.29) is 12.1 Å². The first-order valence-corrected chi connectivity index (χ1v) is 8.07. The molecule has 2 aliphatic rings. The predicted octanol–water partition coefficient (Wildman–Crippen LogP) is 4.47. The number of halogens is 1. The Morgan fingerprint density at radius 2 is 1.90 bits per heavy atom. The molecule has 0 spiro atoms. The molecule has 0 radical (unpaired) electrons. The van der Waals surface area contributed by atoms with Gasteiger partial charge in [0, 0.05) is 12.6 Å². The SMILES string of the molecule is C=CC1CN(C2CCCCC2)C(=O)N1c1ccccc1Cl. The molecule has 112 valence electrons. The van der Waals surface area contributed by atoms with Gasteiger partial charge >= 0.3 is 6.03 Å². The van der Waals surface area contributed by atoms with Gasteiger partial charge in [0.2, 0.25) is 0 Å². The highest BCUT2D eigenvalue weighted by Crippen LogP contribution is 2.34. The van der Waals surface area contributed by atoms with Crippen molar-refractivity contribution in [3.05, 3.63) is 41.9 Å². The van der Waals surface area contributed by atoms with E-state index < -0.39 is 0 Å². The summed E-state index contributed by atoms with van der Waals surface area (Å²) in [5.41, 5.74) is 0.785. The molecule has 1 aromatic rings. The van der Waals surface area contributed by atoms with Gasteiger partial charge in [-0.25, -0.2) is 4.79 Å². The number of hydrogen-bond donors (Lipinski definition) is 0. The van der Waals surface area contributed by atoms with Crippen molar-refractivity contribution in [1.29, 1.82) is 0 Å². The number of urea groups is 1. The van der Waals surface area contributed by atoms with E-state index in [9.17, 15) is 4.79 Å². The first-order chi connectivity index (χ1) is 10.2. The fraction of sp³-hybridized carbons (Fsp3) is 0.471. The maximum atomic E-state index is 12.9. The first-order valence-electron chi connectivity index (χ1n) is 7.69. The molecule has 1 aliphatic heterocycles. The van der Waals surface area contributed by atoms with Crippen LogP contribution < -0.4 is 4.90 Å². The van der Waals surface area contributed by atoms with Gasteiger partial charge in [0.25, 0.3) is 0 Å². The summed E-state index contributed by atoms with van der Waals surface area (Å²) >= 11 is 6.28. The lowest BCUT2D eigenvalue weighted by atomic mass is 9.94. The molecular weight excluding hydrogens is 284 g/mol. The molecule has 1 saturated carbocycles. The maximum absolute atomic E-state index is 12.9. The van der Waals surface area contributed by atoms with Crippen LogP contribution in [-0.2, 0) is 0 Å². The number of carbonyl (C=O) groups excluding carboxylic acids is 1. The summed E-state index contributed by atoms with van der Waals surface area (Å²) in [7, 11) is 0. The third-order valence-electron chi connectivity index (χ3n) is 4.57. The highest BCUT2D eigenvalue weighted by Gasteiger charge is 2.40. The Hall–Kier alpha value is -1.48. The number of nitrogens with zero attached hydrogens (tertiary/aromatic N) is 2. The molecule has 3 nitrogen and oxygen atoms in total. The molecule has 21 heavy (non-hydrogen) atoms. The first kappa shape index (κ1) is 14.5. The third kappa shape index (κ3) is 2.67. The Morgan fingerprint density at radius 1 is 1.19 bits per heavy atom. The summed E-state index contributed by atoms with van der Waals surface area (Å²) in [5.74, 6) is 0. The molecule has 1 heterocycles. The number of carbonyl (C=O) groups is 1. The number of benzene rings is 1. The average Bonchev–Trinajstić information content (AvgIpc) is 2.85. The lowest BCUT2D eigenvalue weighted by Gasteiger charge is -2.30. The van der Waals surface area contributed by atoms with E-state index in [1.54, 1.807) is 4.90 Å². The van der Waals surface area contributed by atoms with Crippen LogP contribution in [0.4, 0.5) is 10.5 Å². The van der Waals surface area contributed by atoms with Gasteiger partial charge in [0.05, 0.1) is 16.8 Å². The van der Waals surface area contributed by atoms with Crippen LogP contribution in [0.3, 0.4) is 0 Å². The van der Waals surface area contributed by atoms with Crippen molar-refractivity contribution in [3.63, 3.8) is 0 Å². The zero-order valence-corrected chi connectivity index (χ0v) is 12.9. The molecule has 0 N–H and O–H groups in total. The van der Waals surface area contributed by atoms with E-state index in [4.69, 9.17) is 11.6 Å². The second kappa shape index (κ2) is 6.10. The molecule has 1 unspecified atom stereocenters. The molecule has 2 fully saturated rings. The van der Waals surface area contributed by atoms with Gasteiger partial charge in [-0.15, -0.1) is 6.58 Å². The van der Waals surface area contributed by atoms with Gasteiger partial charge in [0.1, 0.15) is 0 Å². The summed E-state index contributed by atoms with van der Waals surface area (Å²) < 4.78 is 0. The normalized spacial score (nSPS) is 23.7. The van der Waals surface area contributed by atoms with Crippen LogP contribution in [0.2, 0.25) is 5.02 Å². The van der Waals surface area contributed by atoms with Gasteiger partial charge in [-0.3, -0.25) is 4.90 Å². The number of para-hydroxylation sites is 1. The summed E-state index contributed by atoms with van der Waals surface area (Å²) in [6, 6.07) is 7.97. The molecule has 2 amide bonds. The van der Waals surface area contributed by atoms with E-state index in [1.807, 2.05) is 35.2 Å². The largest absolute Gasteiger partial charge is 0.325 e. The standard InChI is InChI=1S/C17H21ClN2O/c1-2-13-12-19(14-8-4-3-5-9-14)17(21)20(13)16-11-7-6-10-15(16)18/h2,6-7,10-11,13-14H,1,3-5,8-9,12H2. The van der Waals surface area contributed by atoms with Crippen LogP contribution in [0.5, 0.6) is 0 Å². The van der Waals surface area contributed by atoms with Crippen LogP contribution in [-0.4, -0.2) is 29.6 Å². The van der Waals surface area contributed by atoms with Crippen molar-refractivity contribution in [2.75, 3.05) is 11.4 Å². The number of hydrogen-bond acceptors (Lipinski definition) is 1. The van der Waals surface area contributed by atoms with E-state index >= 15 is 0 Å². The van der Waals surface area contributed by atoms with E-state index in [1.165, 1.54) is 19.3 Å². The molecule has 0 aromatic heterocycles. The minimum atomic E-state index is -0.000624. The summed E-state index contributed by atoms with van der Waals surface area (Å²) in [6.45, 7) is 4.62. The van der Waals surface area contributed by atoms with E-state index in [2.05, 4.69) is 6.58 Å². The Balaban J connectivity index is 1.88. The van der Waals surface area contributed by atoms with Crippen molar-refractivity contribution in [2.24, 2.45) is 0 Å². The van der Waals surface area contributed by atoms with E-state index in [0.29, 0.717) is 11.1 Å². The van der Waals surface area contributed by atoms with Crippen molar-refractivity contribution >= 4 is 23.3 Å². The zero-order valence-electron chi connectivity index (χ0n) is 12.2. The van der Waals surface area contributed by atoms with Crippen molar-refractivity contribution < 1.29 is 4.79 Å². The Kier molecular flexibility index (Phi) is 4.20. The monoisotopic (exact) mass is 304 g/mol. The van der Waals surface area contributed by atoms with Gasteiger partial charge in [-0.05, 0) is 25.0 Å². The van der Waals surface area contributed by atoms with Gasteiger partial charge in [-0.2, -0.15) is 0 Å². The Morgan fingerprint density at radius 3 is 2.57 bits per heavy atom. The van der Waals surface area contributed by atoms with Gasteiger partial charge in [0.15, 0.2) is 0 Å². The topological polar surface area (TPSA) is 23.6 Å². The van der Waals surface area contributed by atoms with Crippen LogP contribution in [0.1, 0.15) is 32.1 Å². The van der Waals surface area contributed by atoms with Crippen LogP contribution in [0, 0.1) is 0 Å². The molecule has 3 rings (SSSR count). The lowest BCUT2D eigenvalue weighted by molar-refractivity contribution is 0.181. The molecule has 4 heteroatoms. The molecule has 1 aliphatic carbocycles. The number of anilines is 1. The summed E-state index contributed by atoms with van der Waals surface area (Å²) in [5, 5.41) is 0.614. The maximum Gasteiger partial charge on any atom is 0.325 e. The van der Waals surface area contributed by atoms with Crippen LogP contribution in [0.25, 0.3) is 0 Å². The quantitative estimate of drug-likeness (QED) is 0.756. The smallest absolute Gasteiger partial charge is 0.319 e. The van der Waals surface area contributed by atoms with Crippen molar-refractivity contribution in [2.45, 2.75) is 44.2 Å². The van der Waals surface area contributed by atoms with Gasteiger partial charge < -0.3 is 4.90 Å². The molecule has 1 saturated heterocycles. The highest BCUT2D eigenvalue weighted by atomic mass is 35.5. The fourth-order valence-electron chi connectivity index (χ4n) is 3.45. The van der Waals surface area contributed by atoms with E-state index in [0.717, 1.165) is 25.1 Å². The van der Waals surface area contributed by atoms with Crippen molar-refractivity contribution in [1.82, 2.24) is 4.90 Å². The highest BCUT2D eigenvalue weighted by molar-refractivity contribution is 6.33. The molecule has 1 atom stereocenters. The number of amides is 2. The summed E-state index contributed by atoms with van der Waals surface area (Å²) in [6.07, 6.45) is 7.82. The molecule has 1 aromatic carbocycles. The third-order valence-corrected chi connectivity index (χ3v) is 4.89. The van der Waals surface area contributed by atoms with Gasteiger partial charge in [-0.1, -0.05) is 49.1 Å². The fourth-order valence-corrected chi connectivity index (χ4v) is 3.67. The molecular formula is C17H21ClN2O. The average molecular weight is 305 g/mol. The number of rotatable bonds is 3. The zero-order chi connectivity index (χ0) is 14.8. The minimum Gasteiger partial charge on any atom is -0.319 e. The van der Waals surface area contributed by atoms with Crippen LogP contribution >= 0.6 is 11.6 Å². The second-order valence-corrected chi connectivity index (χ2v) is 6.26. The molecule has 0 bridgehead atoms. The Bertz CT molecular complexity index is 539. The lowest BCUT2D eigenvalue weighted by Crippen LogP contribution is -2.40. The summed E-state index contributed by atoms with van der Waals surface area (Å²) in [4.78, 5) is 16.7. The Labute approximate surface area is 131 Å². The predicted molar refractivity (Wildman–Crippen MR) is 86.9 cm³/mol. The van der Waals surface area contributed by atoms with Crippen molar-refractivity contribution in [3.8, 4) is 0 Å².